The normalized spacial score (nSPS) is 11.3. The second-order valence-corrected chi connectivity index (χ2v) is 4.58. The molecule has 0 N–H and O–H groups in total. The van der Waals surface area contributed by atoms with Gasteiger partial charge >= 0.3 is 0 Å². The number of carbonyl (C=O) groups is 1. The summed E-state index contributed by atoms with van der Waals surface area (Å²) < 4.78 is 0. The average Bonchev–Trinajstić information content (AvgIpc) is 2.49. The van der Waals surface area contributed by atoms with Crippen LogP contribution in [0.3, 0.4) is 0 Å². The molecule has 0 saturated carbocycles. The van der Waals surface area contributed by atoms with Gasteiger partial charge in [0.05, 0.1) is 0 Å². The maximum atomic E-state index is 11.4. The monoisotopic (exact) mass is 265 g/mol. The first kappa shape index (κ1) is 13.1. The third kappa shape index (κ3) is 3.12. The molecule has 2 nitrogen and oxygen atoms in total. The van der Waals surface area contributed by atoms with Crippen molar-refractivity contribution in [1.82, 2.24) is 0 Å². The highest BCUT2D eigenvalue weighted by Crippen LogP contribution is 2.33. The molecule has 19 heavy (non-hydrogen) atoms. The largest absolute Gasteiger partial charge is 0.298 e. The van der Waals surface area contributed by atoms with Gasteiger partial charge in [-0.25, -0.2) is 0 Å². The summed E-state index contributed by atoms with van der Waals surface area (Å²) in [5.74, 6) is 0. The molecule has 0 aliphatic carbocycles. The van der Waals surface area contributed by atoms with E-state index in [-0.39, 0.29) is 0 Å². The molecule has 0 saturated heterocycles. The maximum Gasteiger partial charge on any atom is 0.151 e. The summed E-state index contributed by atoms with van der Waals surface area (Å²) in [5, 5.41) is 11.0. The van der Waals surface area contributed by atoms with Crippen molar-refractivity contribution in [2.45, 2.75) is 0 Å². The topological polar surface area (TPSA) is 40.9 Å². The quantitative estimate of drug-likeness (QED) is 0.363. The fraction of sp³-hybridized carbons (Fsp3) is 0. The van der Waals surface area contributed by atoms with E-state index in [0.29, 0.717) is 10.5 Å². The Hall–Kier alpha value is -2.31. The van der Waals surface area contributed by atoms with Crippen LogP contribution in [0.4, 0.5) is 0 Å². The summed E-state index contributed by atoms with van der Waals surface area (Å²) >= 11 is 1.01. The van der Waals surface area contributed by atoms with E-state index in [1.54, 1.807) is 0 Å². The second kappa shape index (κ2) is 6.58. The lowest BCUT2D eigenvalue weighted by Gasteiger charge is -2.08. The Bertz CT molecular complexity index is 627. The minimum Gasteiger partial charge on any atom is -0.298 e. The molecule has 0 spiro atoms. The summed E-state index contributed by atoms with van der Waals surface area (Å²) in [7, 11) is 0. The van der Waals surface area contributed by atoms with E-state index in [2.05, 4.69) is 5.40 Å². The van der Waals surface area contributed by atoms with E-state index in [1.165, 1.54) is 0 Å². The predicted octanol–water partition coefficient (Wildman–Crippen LogP) is 3.97. The molecule has 2 aromatic rings. The predicted molar refractivity (Wildman–Crippen MR) is 79.0 cm³/mol. The van der Waals surface area contributed by atoms with Crippen LogP contribution in [-0.4, -0.2) is 6.29 Å². The van der Waals surface area contributed by atoms with Gasteiger partial charge in [-0.15, -0.1) is 0 Å². The molecule has 0 amide bonds. The summed E-state index contributed by atoms with van der Waals surface area (Å²) in [4.78, 5) is 12.1. The number of carbonyl (C=O) groups excluding carboxylic acids is 1. The van der Waals surface area contributed by atoms with E-state index in [4.69, 9.17) is 5.26 Å². The van der Waals surface area contributed by atoms with Crippen LogP contribution < -0.4 is 0 Å². The molecular formula is C16H11NOS. The smallest absolute Gasteiger partial charge is 0.151 e. The SMILES string of the molecule is N#CS/C(=C(/C=O)c1ccccc1)c1ccccc1. The molecule has 2 rings (SSSR count). The molecule has 0 heterocycles. The minimum atomic E-state index is 0.540. The van der Waals surface area contributed by atoms with Gasteiger partial charge in [-0.3, -0.25) is 4.79 Å². The van der Waals surface area contributed by atoms with E-state index in [1.807, 2.05) is 60.7 Å². The fourth-order valence-corrected chi connectivity index (χ4v) is 2.40. The van der Waals surface area contributed by atoms with Crippen molar-refractivity contribution >= 4 is 28.5 Å². The van der Waals surface area contributed by atoms with Crippen molar-refractivity contribution < 1.29 is 4.79 Å². The lowest BCUT2D eigenvalue weighted by molar-refractivity contribution is -0.103. The van der Waals surface area contributed by atoms with E-state index in [9.17, 15) is 4.79 Å². The van der Waals surface area contributed by atoms with Crippen molar-refractivity contribution in [2.24, 2.45) is 0 Å². The number of benzene rings is 2. The lowest BCUT2D eigenvalue weighted by atomic mass is 10.0. The zero-order valence-electron chi connectivity index (χ0n) is 10.1. The average molecular weight is 265 g/mol. The number of nitriles is 1. The molecule has 0 fully saturated rings. The van der Waals surface area contributed by atoms with Crippen LogP contribution in [0.5, 0.6) is 0 Å². The van der Waals surface area contributed by atoms with Gasteiger partial charge in [0.1, 0.15) is 5.40 Å². The summed E-state index contributed by atoms with van der Waals surface area (Å²) in [6.45, 7) is 0. The van der Waals surface area contributed by atoms with E-state index in [0.717, 1.165) is 29.2 Å². The Morgan fingerprint density at radius 1 is 0.947 bits per heavy atom. The van der Waals surface area contributed by atoms with Gasteiger partial charge < -0.3 is 0 Å². The minimum absolute atomic E-state index is 0.540. The van der Waals surface area contributed by atoms with Crippen LogP contribution in [0.25, 0.3) is 10.5 Å². The van der Waals surface area contributed by atoms with Gasteiger partial charge in [0, 0.05) is 10.5 Å². The van der Waals surface area contributed by atoms with Gasteiger partial charge in [0.2, 0.25) is 0 Å². The summed E-state index contributed by atoms with van der Waals surface area (Å²) in [6, 6.07) is 18.8. The third-order valence-corrected chi connectivity index (χ3v) is 3.38. The Morgan fingerprint density at radius 2 is 1.47 bits per heavy atom. The van der Waals surface area contributed by atoms with Crippen molar-refractivity contribution in [3.05, 3.63) is 71.8 Å². The molecular weight excluding hydrogens is 254 g/mol. The molecule has 0 bridgehead atoms. The molecule has 0 aromatic heterocycles. The first-order chi connectivity index (χ1) is 9.36. The Labute approximate surface area is 116 Å². The molecule has 2 aromatic carbocycles. The highest BCUT2D eigenvalue weighted by molar-refractivity contribution is 8.12. The van der Waals surface area contributed by atoms with Crippen molar-refractivity contribution in [2.75, 3.05) is 0 Å². The molecule has 0 aliphatic heterocycles. The number of rotatable bonds is 4. The van der Waals surface area contributed by atoms with Crippen LogP contribution in [-0.2, 0) is 4.79 Å². The lowest BCUT2D eigenvalue weighted by Crippen LogP contribution is -1.91. The number of thioether (sulfide) groups is 1. The highest BCUT2D eigenvalue weighted by Gasteiger charge is 2.11. The molecule has 0 atom stereocenters. The zero-order valence-corrected chi connectivity index (χ0v) is 10.9. The van der Waals surface area contributed by atoms with Gasteiger partial charge in [-0.2, -0.15) is 5.26 Å². The second-order valence-electron chi connectivity index (χ2n) is 3.79. The number of allylic oxidation sites excluding steroid dienone is 1. The molecule has 0 radical (unpaired) electrons. The number of thiocyanates is 1. The van der Waals surface area contributed by atoms with Gasteiger partial charge in [0.15, 0.2) is 6.29 Å². The van der Waals surface area contributed by atoms with Crippen LogP contribution >= 0.6 is 11.8 Å². The van der Waals surface area contributed by atoms with Gasteiger partial charge in [-0.05, 0) is 22.9 Å². The Balaban J connectivity index is 2.60. The summed E-state index contributed by atoms with van der Waals surface area (Å²) in [6.07, 6.45) is 0.808. The number of hydrogen-bond donors (Lipinski definition) is 0. The molecule has 3 heteroatoms. The number of aldehydes is 1. The highest BCUT2D eigenvalue weighted by atomic mass is 32.2. The summed E-state index contributed by atoms with van der Waals surface area (Å²) in [5.41, 5.74) is 2.23. The fourth-order valence-electron chi connectivity index (χ4n) is 1.77. The standard InChI is InChI=1S/C16H11NOS/c17-12-19-16(14-9-5-2-6-10-14)15(11-18)13-7-3-1-4-8-13/h1-11H/b16-15-. The first-order valence-electron chi connectivity index (χ1n) is 5.73. The van der Waals surface area contributed by atoms with Crippen molar-refractivity contribution in [3.8, 4) is 5.40 Å². The number of hydrogen-bond acceptors (Lipinski definition) is 3. The van der Waals surface area contributed by atoms with Crippen LogP contribution in [0.15, 0.2) is 60.7 Å². The molecule has 0 unspecified atom stereocenters. The third-order valence-electron chi connectivity index (χ3n) is 2.63. The van der Waals surface area contributed by atoms with Crippen LogP contribution in [0.1, 0.15) is 11.1 Å². The van der Waals surface area contributed by atoms with Gasteiger partial charge in [-0.1, -0.05) is 60.7 Å². The molecule has 92 valence electrons. The Kier molecular flexibility index (Phi) is 4.54. The maximum absolute atomic E-state index is 11.4. The van der Waals surface area contributed by atoms with E-state index < -0.39 is 0 Å². The molecule has 0 aliphatic rings. The van der Waals surface area contributed by atoms with Crippen molar-refractivity contribution in [3.63, 3.8) is 0 Å². The van der Waals surface area contributed by atoms with Crippen molar-refractivity contribution in [1.29, 1.82) is 5.26 Å². The Morgan fingerprint density at radius 3 is 1.95 bits per heavy atom. The van der Waals surface area contributed by atoms with E-state index >= 15 is 0 Å². The first-order valence-corrected chi connectivity index (χ1v) is 6.54. The zero-order chi connectivity index (χ0) is 13.5. The number of nitrogens with zero attached hydrogens (tertiary/aromatic N) is 1. The van der Waals surface area contributed by atoms with Crippen LogP contribution in [0, 0.1) is 10.7 Å². The van der Waals surface area contributed by atoms with Crippen LogP contribution in [0.2, 0.25) is 0 Å². The van der Waals surface area contributed by atoms with Gasteiger partial charge in [0.25, 0.3) is 0 Å².